The highest BCUT2D eigenvalue weighted by atomic mass is 35.5. The Labute approximate surface area is 220 Å². The maximum absolute atomic E-state index is 13.7. The van der Waals surface area contributed by atoms with Gasteiger partial charge in [-0.2, -0.15) is 5.01 Å². The second kappa shape index (κ2) is 8.49. The second-order valence-electron chi connectivity index (χ2n) is 9.87. The zero-order valence-corrected chi connectivity index (χ0v) is 20.6. The van der Waals surface area contributed by atoms with Crippen LogP contribution in [0.2, 0.25) is 10.0 Å². The van der Waals surface area contributed by atoms with Gasteiger partial charge in [-0.05, 0) is 48.3 Å². The van der Waals surface area contributed by atoms with Crippen LogP contribution >= 0.6 is 23.2 Å². The van der Waals surface area contributed by atoms with Gasteiger partial charge in [-0.1, -0.05) is 47.5 Å². The van der Waals surface area contributed by atoms with Crippen molar-refractivity contribution in [3.63, 3.8) is 0 Å². The van der Waals surface area contributed by atoms with Crippen LogP contribution < -0.4 is 0 Å². The van der Waals surface area contributed by atoms with Crippen molar-refractivity contribution in [1.82, 2.24) is 10.0 Å². The highest BCUT2D eigenvalue weighted by molar-refractivity contribution is 6.42. The van der Waals surface area contributed by atoms with E-state index < -0.39 is 46.8 Å². The SMILES string of the molecule is O=C(CN(C(=O)c1ccc(Cl)c(Cl)c1)N1C(=O)[C@@H]2[C@H]3C=C[C@@H]([C@@H]4C[C@@H]34)[C@@H]2C1=O)c1cccc([N+](=O)[O-])c1. The lowest BCUT2D eigenvalue weighted by Gasteiger charge is -2.37. The Hall–Kier alpha value is -3.56. The van der Waals surface area contributed by atoms with Crippen LogP contribution in [0.4, 0.5) is 5.69 Å². The molecule has 4 aliphatic carbocycles. The molecule has 11 heteroatoms. The fourth-order valence-electron chi connectivity index (χ4n) is 6.21. The average molecular weight is 540 g/mol. The molecule has 3 fully saturated rings. The number of allylic oxidation sites excluding steroid dienone is 2. The molecule has 1 heterocycles. The summed E-state index contributed by atoms with van der Waals surface area (Å²) in [7, 11) is 0. The van der Waals surface area contributed by atoms with Gasteiger partial charge >= 0.3 is 0 Å². The quantitative estimate of drug-likeness (QED) is 0.178. The lowest BCUT2D eigenvalue weighted by atomic mass is 9.63. The Kier molecular flexibility index (Phi) is 5.47. The average Bonchev–Trinajstić information content (AvgIpc) is 3.67. The molecule has 0 aromatic heterocycles. The molecule has 3 amide bonds. The van der Waals surface area contributed by atoms with Crippen molar-refractivity contribution in [3.8, 4) is 0 Å². The molecule has 7 rings (SSSR count). The van der Waals surface area contributed by atoms with Gasteiger partial charge in [-0.3, -0.25) is 29.3 Å². The monoisotopic (exact) mass is 539 g/mol. The molecule has 6 atom stereocenters. The molecule has 2 bridgehead atoms. The van der Waals surface area contributed by atoms with Crippen LogP contribution in [0.1, 0.15) is 27.1 Å². The largest absolute Gasteiger partial charge is 0.292 e. The van der Waals surface area contributed by atoms with E-state index in [0.717, 1.165) is 22.5 Å². The molecule has 37 heavy (non-hydrogen) atoms. The Morgan fingerprint density at radius 3 is 2.19 bits per heavy atom. The molecule has 2 aromatic carbocycles. The number of amides is 3. The molecule has 2 aromatic rings. The summed E-state index contributed by atoms with van der Waals surface area (Å²) in [5, 5.41) is 13.1. The van der Waals surface area contributed by atoms with Crippen LogP contribution in [0.5, 0.6) is 0 Å². The third-order valence-electron chi connectivity index (χ3n) is 7.95. The lowest BCUT2D eigenvalue weighted by Crippen LogP contribution is -2.52. The number of benzene rings is 2. The van der Waals surface area contributed by atoms with Crippen molar-refractivity contribution in [2.75, 3.05) is 6.54 Å². The summed E-state index contributed by atoms with van der Waals surface area (Å²) in [6.07, 6.45) is 5.00. The van der Waals surface area contributed by atoms with Crippen LogP contribution in [-0.4, -0.2) is 45.0 Å². The summed E-state index contributed by atoms with van der Waals surface area (Å²) in [6.45, 7) is -0.674. The number of hydrogen-bond acceptors (Lipinski definition) is 6. The van der Waals surface area contributed by atoms with Crippen LogP contribution in [0.3, 0.4) is 0 Å². The van der Waals surface area contributed by atoms with E-state index in [1.165, 1.54) is 36.4 Å². The number of carbonyl (C=O) groups is 4. The van der Waals surface area contributed by atoms with Crippen molar-refractivity contribution < 1.29 is 24.1 Å². The fraction of sp³-hybridized carbons (Fsp3) is 0.308. The second-order valence-corrected chi connectivity index (χ2v) is 10.7. The molecule has 0 N–H and O–H groups in total. The normalized spacial score (nSPS) is 28.6. The van der Waals surface area contributed by atoms with Gasteiger partial charge in [-0.15, -0.1) is 0 Å². The van der Waals surface area contributed by atoms with Crippen molar-refractivity contribution >= 4 is 52.4 Å². The molecule has 1 aliphatic heterocycles. The predicted octanol–water partition coefficient (Wildman–Crippen LogP) is 4.19. The minimum atomic E-state index is -0.789. The zero-order valence-electron chi connectivity index (χ0n) is 19.1. The topological polar surface area (TPSA) is 118 Å². The van der Waals surface area contributed by atoms with Gasteiger partial charge in [-0.25, -0.2) is 5.01 Å². The van der Waals surface area contributed by atoms with E-state index in [1.807, 2.05) is 12.2 Å². The zero-order chi connectivity index (χ0) is 26.2. The first-order valence-corrected chi connectivity index (χ1v) is 12.5. The van der Waals surface area contributed by atoms with Crippen LogP contribution in [0.25, 0.3) is 0 Å². The Morgan fingerprint density at radius 1 is 0.946 bits per heavy atom. The highest BCUT2D eigenvalue weighted by Gasteiger charge is 2.68. The highest BCUT2D eigenvalue weighted by Crippen LogP contribution is 2.65. The lowest BCUT2D eigenvalue weighted by molar-refractivity contribution is -0.384. The summed E-state index contributed by atoms with van der Waals surface area (Å²) < 4.78 is 0. The molecule has 2 saturated carbocycles. The van der Waals surface area contributed by atoms with E-state index in [0.29, 0.717) is 11.8 Å². The predicted molar refractivity (Wildman–Crippen MR) is 131 cm³/mol. The maximum Gasteiger partial charge on any atom is 0.273 e. The number of carbonyl (C=O) groups excluding carboxylic acids is 4. The first-order valence-electron chi connectivity index (χ1n) is 11.8. The van der Waals surface area contributed by atoms with E-state index in [-0.39, 0.29) is 38.7 Å². The van der Waals surface area contributed by atoms with E-state index in [9.17, 15) is 29.3 Å². The molecular weight excluding hydrogens is 521 g/mol. The fourth-order valence-corrected chi connectivity index (χ4v) is 6.51. The van der Waals surface area contributed by atoms with Crippen LogP contribution in [-0.2, 0) is 9.59 Å². The van der Waals surface area contributed by atoms with Crippen LogP contribution in [0.15, 0.2) is 54.6 Å². The number of imide groups is 1. The summed E-state index contributed by atoms with van der Waals surface area (Å²) >= 11 is 12.1. The first-order chi connectivity index (χ1) is 17.7. The Morgan fingerprint density at radius 2 is 1.59 bits per heavy atom. The number of halogens is 2. The third-order valence-corrected chi connectivity index (χ3v) is 8.69. The summed E-state index contributed by atoms with van der Waals surface area (Å²) in [6, 6.07) is 9.16. The van der Waals surface area contributed by atoms with E-state index in [2.05, 4.69) is 0 Å². The van der Waals surface area contributed by atoms with Gasteiger partial charge in [0.05, 0.1) is 26.8 Å². The molecule has 0 spiro atoms. The maximum atomic E-state index is 13.7. The van der Waals surface area contributed by atoms with Crippen molar-refractivity contribution in [2.45, 2.75) is 6.42 Å². The van der Waals surface area contributed by atoms with E-state index >= 15 is 0 Å². The number of rotatable bonds is 6. The number of hydrazine groups is 1. The Balaban J connectivity index is 1.37. The van der Waals surface area contributed by atoms with E-state index in [4.69, 9.17) is 23.2 Å². The van der Waals surface area contributed by atoms with E-state index in [1.54, 1.807) is 0 Å². The van der Waals surface area contributed by atoms with Crippen molar-refractivity contribution in [3.05, 3.63) is 85.9 Å². The molecule has 188 valence electrons. The summed E-state index contributed by atoms with van der Waals surface area (Å²) in [5.74, 6) is -3.07. The molecule has 0 unspecified atom stereocenters. The van der Waals surface area contributed by atoms with Crippen LogP contribution in [0, 0.1) is 45.6 Å². The molecular formula is C26H19Cl2N3O6. The number of ketones is 1. The van der Waals surface area contributed by atoms with Gasteiger partial charge < -0.3 is 0 Å². The smallest absolute Gasteiger partial charge is 0.273 e. The number of Topliss-reactive ketones (excluding diaryl/α,β-unsaturated/α-hetero) is 1. The number of hydrogen-bond donors (Lipinski definition) is 0. The summed E-state index contributed by atoms with van der Waals surface area (Å²) in [4.78, 5) is 64.9. The van der Waals surface area contributed by atoms with Crippen molar-refractivity contribution in [2.24, 2.45) is 35.5 Å². The first kappa shape index (κ1) is 23.8. The number of nitro benzene ring substituents is 1. The number of nitrogens with zero attached hydrogens (tertiary/aromatic N) is 3. The summed E-state index contributed by atoms with van der Waals surface area (Å²) in [5.41, 5.74) is -0.296. The van der Waals surface area contributed by atoms with Gasteiger partial charge in [0.1, 0.15) is 6.54 Å². The minimum absolute atomic E-state index is 0.0272. The van der Waals surface area contributed by atoms with Gasteiger partial charge in [0.2, 0.25) is 0 Å². The molecule has 1 saturated heterocycles. The number of nitro groups is 1. The Bertz CT molecular complexity index is 1410. The van der Waals surface area contributed by atoms with Gasteiger partial charge in [0, 0.05) is 23.3 Å². The molecule has 9 nitrogen and oxygen atoms in total. The van der Waals surface area contributed by atoms with Gasteiger partial charge in [0.15, 0.2) is 5.78 Å². The standard InChI is InChI=1S/C26H19Cl2N3O6/c27-19-7-4-13(9-20(19)28)24(33)29(11-21(32)12-2-1-3-14(8-12)31(36)37)30-25(34)22-15-5-6-16(18-10-17(15)18)23(22)26(30)35/h1-9,15-18,22-23H,10-11H2/t15-,16-,17-,18-,22-,23+/m0/s1. The minimum Gasteiger partial charge on any atom is -0.292 e. The third kappa shape index (κ3) is 3.67. The molecule has 0 radical (unpaired) electrons. The van der Waals surface area contributed by atoms with Gasteiger partial charge in [0.25, 0.3) is 23.4 Å². The number of non-ortho nitro benzene ring substituents is 1. The molecule has 5 aliphatic rings. The van der Waals surface area contributed by atoms with Crippen molar-refractivity contribution in [1.29, 1.82) is 0 Å².